The quantitative estimate of drug-likeness (QED) is 0.271. The van der Waals surface area contributed by atoms with Gasteiger partial charge >= 0.3 is 13.6 Å². The van der Waals surface area contributed by atoms with Crippen molar-refractivity contribution >= 4 is 25.8 Å². The summed E-state index contributed by atoms with van der Waals surface area (Å²) in [6.45, 7) is 6.56. The van der Waals surface area contributed by atoms with Crippen LogP contribution in [-0.4, -0.2) is 51.7 Å². The zero-order valence-electron chi connectivity index (χ0n) is 20.0. The summed E-state index contributed by atoms with van der Waals surface area (Å²) < 4.78 is 38.1. The van der Waals surface area contributed by atoms with Crippen molar-refractivity contribution in [3.8, 4) is 5.75 Å². The molecule has 6 atom stereocenters. The maximum atomic E-state index is 13.7. The van der Waals surface area contributed by atoms with Gasteiger partial charge in [0.2, 0.25) is 0 Å². The molecule has 35 heavy (non-hydrogen) atoms. The lowest BCUT2D eigenvalue weighted by Gasteiger charge is -2.24. The Morgan fingerprint density at radius 2 is 1.94 bits per heavy atom. The fraction of sp³-hybridized carbons (Fsp3) is 0.522. The number of nitrogens with one attached hydrogen (secondary N) is 1. The Morgan fingerprint density at radius 3 is 2.57 bits per heavy atom. The number of rotatable bonds is 10. The molecular weight excluding hydrogens is 495 g/mol. The van der Waals surface area contributed by atoms with E-state index in [-0.39, 0.29) is 29.2 Å². The molecule has 0 radical (unpaired) electrons. The Hall–Kier alpha value is -2.30. The molecule has 2 unspecified atom stereocenters. The fourth-order valence-electron chi connectivity index (χ4n) is 3.68. The van der Waals surface area contributed by atoms with Crippen LogP contribution in [0.4, 0.5) is 0 Å². The van der Waals surface area contributed by atoms with Gasteiger partial charge in [-0.05, 0) is 38.2 Å². The van der Waals surface area contributed by atoms with Crippen LogP contribution < -0.4 is 10.1 Å². The number of aliphatic hydroxyl groups excluding tert-OH is 1. The van der Waals surface area contributed by atoms with E-state index >= 15 is 0 Å². The zero-order valence-corrected chi connectivity index (χ0v) is 21.7. The largest absolute Gasteiger partial charge is 0.463 e. The van der Waals surface area contributed by atoms with Crippen molar-refractivity contribution in [3.63, 3.8) is 0 Å². The molecule has 1 aromatic heterocycles. The highest BCUT2D eigenvalue weighted by atomic mass is 32.1. The van der Waals surface area contributed by atoms with Gasteiger partial charge in [0.15, 0.2) is 4.77 Å². The predicted molar refractivity (Wildman–Crippen MR) is 131 cm³/mol. The van der Waals surface area contributed by atoms with E-state index in [1.54, 1.807) is 58.0 Å². The number of hydrogen-bond acceptors (Lipinski definition) is 9. The van der Waals surface area contributed by atoms with Gasteiger partial charge in [-0.15, -0.1) is 0 Å². The number of aromatic nitrogens is 2. The molecule has 10 nitrogen and oxygen atoms in total. The predicted octanol–water partition coefficient (Wildman–Crippen LogP) is 3.68. The molecule has 0 spiro atoms. The molecule has 192 valence electrons. The van der Waals surface area contributed by atoms with Crippen LogP contribution >= 0.6 is 19.8 Å². The second-order valence-electron chi connectivity index (χ2n) is 8.81. The lowest BCUT2D eigenvalue weighted by Crippen LogP contribution is -2.30. The maximum Gasteiger partial charge on any atom is 0.380 e. The number of hydrogen-bond donors (Lipinski definition) is 2. The van der Waals surface area contributed by atoms with Gasteiger partial charge in [-0.25, -0.2) is 4.57 Å². The second kappa shape index (κ2) is 11.6. The van der Waals surface area contributed by atoms with E-state index < -0.39 is 43.8 Å². The van der Waals surface area contributed by atoms with Crippen LogP contribution in [0.5, 0.6) is 5.75 Å². The number of para-hydroxylation sites is 1. The first-order valence-corrected chi connectivity index (χ1v) is 13.5. The van der Waals surface area contributed by atoms with Crippen molar-refractivity contribution < 1.29 is 33.0 Å². The minimum atomic E-state index is -3.87. The Morgan fingerprint density at radius 1 is 1.26 bits per heavy atom. The van der Waals surface area contributed by atoms with Gasteiger partial charge in [0.25, 0.3) is 5.56 Å². The smallest absolute Gasteiger partial charge is 0.380 e. The van der Waals surface area contributed by atoms with Crippen LogP contribution in [0.15, 0.2) is 47.4 Å². The summed E-state index contributed by atoms with van der Waals surface area (Å²) in [5.74, 6) is -1.36. The summed E-state index contributed by atoms with van der Waals surface area (Å²) in [6, 6.07) is 9.79. The number of carbonyl (C=O) groups excluding carboxylic acids is 1. The van der Waals surface area contributed by atoms with Crippen molar-refractivity contribution in [2.24, 2.45) is 11.8 Å². The Labute approximate surface area is 208 Å². The molecule has 12 heteroatoms. The molecule has 0 saturated carbocycles. The molecule has 2 heterocycles. The van der Waals surface area contributed by atoms with E-state index in [0.717, 1.165) is 0 Å². The molecule has 2 N–H and O–H groups in total. The minimum absolute atomic E-state index is 0.152. The van der Waals surface area contributed by atoms with E-state index in [4.69, 9.17) is 30.7 Å². The minimum Gasteiger partial charge on any atom is -0.463 e. The van der Waals surface area contributed by atoms with E-state index in [1.807, 2.05) is 0 Å². The average molecular weight is 527 g/mol. The van der Waals surface area contributed by atoms with E-state index in [0.29, 0.717) is 5.75 Å². The molecule has 0 aliphatic carbocycles. The number of esters is 1. The van der Waals surface area contributed by atoms with Gasteiger partial charge < -0.3 is 19.1 Å². The van der Waals surface area contributed by atoms with Crippen LogP contribution in [0.1, 0.15) is 33.9 Å². The van der Waals surface area contributed by atoms with Crippen LogP contribution in [-0.2, 0) is 23.4 Å². The Balaban J connectivity index is 1.75. The van der Waals surface area contributed by atoms with Gasteiger partial charge in [0.1, 0.15) is 18.1 Å². The molecule has 1 fully saturated rings. The number of aromatic amines is 1. The number of ether oxygens (including phenoxy) is 2. The summed E-state index contributed by atoms with van der Waals surface area (Å²) in [7, 11) is -3.87. The van der Waals surface area contributed by atoms with Gasteiger partial charge in [0.05, 0.1) is 30.9 Å². The number of H-pyrrole nitrogens is 1. The Kier molecular flexibility index (Phi) is 9.06. The molecule has 1 aliphatic heterocycles. The zero-order chi connectivity index (χ0) is 25.8. The van der Waals surface area contributed by atoms with E-state index in [2.05, 4.69) is 4.98 Å². The molecule has 0 amide bonds. The van der Waals surface area contributed by atoms with Gasteiger partial charge in [-0.2, -0.15) is 0 Å². The first kappa shape index (κ1) is 27.3. The molecule has 2 aromatic rings. The molecular formula is C23H31N2O8PS. The summed E-state index contributed by atoms with van der Waals surface area (Å²) in [5, 5.41) is 10.8. The topological polar surface area (TPSA) is 129 Å². The molecule has 1 aromatic carbocycles. The second-order valence-corrected chi connectivity index (χ2v) is 11.2. The average Bonchev–Trinajstić information content (AvgIpc) is 3.06. The monoisotopic (exact) mass is 526 g/mol. The third-order valence-electron chi connectivity index (χ3n) is 5.48. The van der Waals surface area contributed by atoms with Crippen molar-refractivity contribution in [3.05, 3.63) is 57.7 Å². The maximum absolute atomic E-state index is 13.7. The van der Waals surface area contributed by atoms with Gasteiger partial charge in [0, 0.05) is 18.2 Å². The number of nitrogens with zero attached hydrogens (tertiary/aromatic N) is 1. The fourth-order valence-corrected chi connectivity index (χ4v) is 5.81. The summed E-state index contributed by atoms with van der Waals surface area (Å²) in [4.78, 5) is 26.4. The Bertz CT molecular complexity index is 1170. The molecule has 0 bridgehead atoms. The van der Waals surface area contributed by atoms with Crippen molar-refractivity contribution in [1.29, 1.82) is 0 Å². The summed E-state index contributed by atoms with van der Waals surface area (Å²) in [6.07, 6.45) is -1.54. The highest BCUT2D eigenvalue weighted by Gasteiger charge is 2.44. The summed E-state index contributed by atoms with van der Waals surface area (Å²) >= 11 is 5.21. The highest BCUT2D eigenvalue weighted by molar-refractivity contribution is 7.71. The first-order valence-electron chi connectivity index (χ1n) is 11.3. The summed E-state index contributed by atoms with van der Waals surface area (Å²) in [5.41, 5.74) is -0.346. The third-order valence-corrected chi connectivity index (χ3v) is 7.82. The molecule has 1 saturated heterocycles. The van der Waals surface area contributed by atoms with Crippen molar-refractivity contribution in [1.82, 2.24) is 9.55 Å². The van der Waals surface area contributed by atoms with Crippen molar-refractivity contribution in [2.75, 3.05) is 12.8 Å². The van der Waals surface area contributed by atoms with Crippen molar-refractivity contribution in [2.45, 2.75) is 52.2 Å². The van der Waals surface area contributed by atoms with Gasteiger partial charge in [-0.1, -0.05) is 32.0 Å². The lowest BCUT2D eigenvalue weighted by molar-refractivity contribution is -0.151. The number of aliphatic hydroxyl groups is 1. The van der Waals surface area contributed by atoms with Gasteiger partial charge in [-0.3, -0.25) is 23.7 Å². The van der Waals surface area contributed by atoms with Crippen LogP contribution in [0.25, 0.3) is 0 Å². The normalized spacial score (nSPS) is 24.6. The van der Waals surface area contributed by atoms with E-state index in [1.165, 1.54) is 16.8 Å². The lowest BCUT2D eigenvalue weighted by atomic mass is 10.0. The SMILES string of the molecule is CC(C)OC(=O)[C@H](C)CP(=O)(OC[C@H]1O[C@@H](n2ccc(=O)[nH]c2=S)[C@@H](C)C1O)Oc1ccccc1. The van der Waals surface area contributed by atoms with Crippen LogP contribution in [0, 0.1) is 16.6 Å². The standard InChI is InChI=1S/C23H31N2O8PS/c1-14(2)31-22(28)15(3)13-34(29,33-17-8-6-5-7-9-17)30-12-18-20(27)16(4)21(32-18)25-11-10-19(26)24-23(25)35/h5-11,14-16,18,20-21,27H,12-13H2,1-4H3,(H,24,26,35)/t15-,16+,18-,20?,21-,34?/m1/s1. The number of carbonyl (C=O) groups is 1. The first-order chi connectivity index (χ1) is 16.5. The number of benzene rings is 1. The molecule has 1 aliphatic rings. The van der Waals surface area contributed by atoms with Crippen LogP contribution in [0.2, 0.25) is 0 Å². The molecule has 3 rings (SSSR count). The third kappa shape index (κ3) is 7.11. The van der Waals surface area contributed by atoms with Crippen LogP contribution in [0.3, 0.4) is 0 Å². The van der Waals surface area contributed by atoms with E-state index in [9.17, 15) is 19.3 Å². The highest BCUT2D eigenvalue weighted by Crippen LogP contribution is 2.51.